The Morgan fingerprint density at radius 3 is 2.55 bits per heavy atom. The summed E-state index contributed by atoms with van der Waals surface area (Å²) in [5.74, 6) is -0.697. The van der Waals surface area contributed by atoms with E-state index in [1.807, 2.05) is 13.8 Å². The molecule has 0 bridgehead atoms. The number of carboxylic acid groups (broad SMARTS) is 1. The lowest BCUT2D eigenvalue weighted by molar-refractivity contribution is 0.0697. The third-order valence-electron chi connectivity index (χ3n) is 3.54. The zero-order valence-corrected chi connectivity index (χ0v) is 13.8. The van der Waals surface area contributed by atoms with Gasteiger partial charge in [-0.2, -0.15) is 0 Å². The molecule has 22 heavy (non-hydrogen) atoms. The molecule has 0 aliphatic carbocycles. The first-order valence-electron chi connectivity index (χ1n) is 7.16. The summed E-state index contributed by atoms with van der Waals surface area (Å²) in [7, 11) is -3.25. The minimum Gasteiger partial charge on any atom is -0.478 e. The van der Waals surface area contributed by atoms with E-state index in [9.17, 15) is 18.3 Å². The molecule has 0 radical (unpaired) electrons. The number of carboxylic acids is 1. The first-order valence-corrected chi connectivity index (χ1v) is 9.01. The second kappa shape index (κ2) is 6.21. The molecule has 1 aromatic rings. The SMILES string of the molecule is CC(C)Nc1nc2c(cc1C(=O)O)CCN(S(C)(=O)=O)CC2. The van der Waals surface area contributed by atoms with Gasteiger partial charge in [0.15, 0.2) is 0 Å². The van der Waals surface area contributed by atoms with E-state index >= 15 is 0 Å². The van der Waals surface area contributed by atoms with Crippen molar-refractivity contribution >= 4 is 21.8 Å². The minimum absolute atomic E-state index is 0.0574. The lowest BCUT2D eigenvalue weighted by atomic mass is 10.1. The molecule has 8 heteroatoms. The van der Waals surface area contributed by atoms with Crippen LogP contribution in [0.1, 0.15) is 35.5 Å². The fourth-order valence-corrected chi connectivity index (χ4v) is 3.34. The molecule has 0 atom stereocenters. The monoisotopic (exact) mass is 327 g/mol. The molecule has 1 aliphatic rings. The number of rotatable bonds is 4. The molecule has 7 nitrogen and oxygen atoms in total. The summed E-state index contributed by atoms with van der Waals surface area (Å²) in [5.41, 5.74) is 1.69. The number of aromatic nitrogens is 1. The zero-order valence-electron chi connectivity index (χ0n) is 13.0. The van der Waals surface area contributed by atoms with Crippen LogP contribution in [0.3, 0.4) is 0 Å². The predicted molar refractivity (Wildman–Crippen MR) is 83.8 cm³/mol. The Morgan fingerprint density at radius 2 is 2.00 bits per heavy atom. The Morgan fingerprint density at radius 1 is 1.36 bits per heavy atom. The molecular weight excluding hydrogens is 306 g/mol. The van der Waals surface area contributed by atoms with Crippen molar-refractivity contribution in [3.8, 4) is 0 Å². The van der Waals surface area contributed by atoms with Crippen molar-refractivity contribution in [1.82, 2.24) is 9.29 Å². The zero-order chi connectivity index (χ0) is 16.5. The fourth-order valence-electron chi connectivity index (χ4n) is 2.49. The van der Waals surface area contributed by atoms with Crippen molar-refractivity contribution in [3.05, 3.63) is 22.9 Å². The normalized spacial score (nSPS) is 16.2. The van der Waals surface area contributed by atoms with Gasteiger partial charge < -0.3 is 10.4 Å². The van der Waals surface area contributed by atoms with Crippen LogP contribution in [0.25, 0.3) is 0 Å². The van der Waals surface area contributed by atoms with Gasteiger partial charge in [-0.1, -0.05) is 0 Å². The van der Waals surface area contributed by atoms with Crippen LogP contribution in [0.5, 0.6) is 0 Å². The van der Waals surface area contributed by atoms with E-state index in [2.05, 4.69) is 10.3 Å². The smallest absolute Gasteiger partial charge is 0.339 e. The van der Waals surface area contributed by atoms with Crippen LogP contribution in [0.2, 0.25) is 0 Å². The first kappa shape index (κ1) is 16.7. The Balaban J connectivity index is 2.39. The molecule has 0 fully saturated rings. The highest BCUT2D eigenvalue weighted by Gasteiger charge is 2.24. The van der Waals surface area contributed by atoms with E-state index < -0.39 is 16.0 Å². The molecule has 0 saturated heterocycles. The average Bonchev–Trinajstić information content (AvgIpc) is 2.58. The van der Waals surface area contributed by atoms with Crippen molar-refractivity contribution in [2.75, 3.05) is 24.7 Å². The quantitative estimate of drug-likeness (QED) is 0.854. The second-order valence-electron chi connectivity index (χ2n) is 5.76. The molecule has 122 valence electrons. The van der Waals surface area contributed by atoms with Gasteiger partial charge in [0.25, 0.3) is 0 Å². The van der Waals surface area contributed by atoms with Crippen molar-refractivity contribution in [3.63, 3.8) is 0 Å². The van der Waals surface area contributed by atoms with Crippen LogP contribution in [-0.4, -0.2) is 54.2 Å². The lowest BCUT2D eigenvalue weighted by Crippen LogP contribution is -2.32. The molecule has 1 aliphatic heterocycles. The van der Waals surface area contributed by atoms with Gasteiger partial charge >= 0.3 is 5.97 Å². The molecule has 0 spiro atoms. The van der Waals surface area contributed by atoms with Crippen molar-refractivity contribution in [2.24, 2.45) is 0 Å². The highest BCUT2D eigenvalue weighted by molar-refractivity contribution is 7.88. The standard InChI is InChI=1S/C14H21N3O4S/c1-9(2)15-13-11(14(18)19)8-10-4-6-17(22(3,20)21)7-5-12(10)16-13/h8-9H,4-7H2,1-3H3,(H,15,16)(H,18,19). The fraction of sp³-hybridized carbons (Fsp3) is 0.571. The summed E-state index contributed by atoms with van der Waals surface area (Å²) in [4.78, 5) is 15.8. The third-order valence-corrected chi connectivity index (χ3v) is 4.85. The molecule has 2 N–H and O–H groups in total. The molecule has 2 heterocycles. The second-order valence-corrected chi connectivity index (χ2v) is 7.74. The maximum atomic E-state index is 11.7. The largest absolute Gasteiger partial charge is 0.478 e. The number of aromatic carboxylic acids is 1. The summed E-state index contributed by atoms with van der Waals surface area (Å²) in [6.45, 7) is 4.53. The number of hydrogen-bond donors (Lipinski definition) is 2. The maximum absolute atomic E-state index is 11.7. The van der Waals surface area contributed by atoms with E-state index in [0.717, 1.165) is 11.3 Å². The number of nitrogens with zero attached hydrogens (tertiary/aromatic N) is 2. The summed E-state index contributed by atoms with van der Waals surface area (Å²) in [6.07, 6.45) is 2.14. The van der Waals surface area contributed by atoms with E-state index in [1.165, 1.54) is 10.6 Å². The van der Waals surface area contributed by atoms with Crippen molar-refractivity contribution in [2.45, 2.75) is 32.7 Å². The number of carbonyl (C=O) groups is 1. The van der Waals surface area contributed by atoms with Crippen LogP contribution in [-0.2, 0) is 22.9 Å². The Hall–Kier alpha value is -1.67. The Kier molecular flexibility index (Phi) is 4.72. The highest BCUT2D eigenvalue weighted by Crippen LogP contribution is 2.23. The van der Waals surface area contributed by atoms with Gasteiger partial charge in [-0.3, -0.25) is 0 Å². The minimum atomic E-state index is -3.25. The number of pyridine rings is 1. The number of anilines is 1. The summed E-state index contributed by atoms with van der Waals surface area (Å²) in [5, 5.41) is 12.4. The highest BCUT2D eigenvalue weighted by atomic mass is 32.2. The van der Waals surface area contributed by atoms with Crippen molar-refractivity contribution < 1.29 is 18.3 Å². The topological polar surface area (TPSA) is 99.6 Å². The molecule has 1 aromatic heterocycles. The van der Waals surface area contributed by atoms with E-state index in [0.29, 0.717) is 31.7 Å². The maximum Gasteiger partial charge on any atom is 0.339 e. The van der Waals surface area contributed by atoms with Crippen LogP contribution in [0, 0.1) is 0 Å². The molecule has 0 amide bonds. The van der Waals surface area contributed by atoms with Gasteiger partial charge in [0.2, 0.25) is 10.0 Å². The number of sulfonamides is 1. The predicted octanol–water partition coefficient (Wildman–Crippen LogP) is 0.960. The van der Waals surface area contributed by atoms with E-state index in [-0.39, 0.29) is 11.6 Å². The molecule has 0 unspecified atom stereocenters. The number of fused-ring (bicyclic) bond motifs is 1. The van der Waals surface area contributed by atoms with Crippen LogP contribution in [0.4, 0.5) is 5.82 Å². The van der Waals surface area contributed by atoms with Crippen LogP contribution in [0.15, 0.2) is 6.07 Å². The summed E-state index contributed by atoms with van der Waals surface area (Å²) in [6, 6.07) is 1.67. The Labute approximate surface area is 130 Å². The van der Waals surface area contributed by atoms with Crippen LogP contribution < -0.4 is 5.32 Å². The van der Waals surface area contributed by atoms with Gasteiger partial charge in [0.05, 0.1) is 6.26 Å². The van der Waals surface area contributed by atoms with Gasteiger partial charge in [-0.25, -0.2) is 22.5 Å². The number of nitrogens with one attached hydrogen (secondary N) is 1. The van der Waals surface area contributed by atoms with Gasteiger partial charge in [-0.05, 0) is 31.9 Å². The first-order chi connectivity index (χ1) is 10.2. The van der Waals surface area contributed by atoms with Crippen molar-refractivity contribution in [1.29, 1.82) is 0 Å². The molecular formula is C14H21N3O4S. The van der Waals surface area contributed by atoms with Crippen LogP contribution >= 0.6 is 0 Å². The number of hydrogen-bond acceptors (Lipinski definition) is 5. The lowest BCUT2D eigenvalue weighted by Gasteiger charge is -2.16. The van der Waals surface area contributed by atoms with E-state index in [4.69, 9.17) is 0 Å². The molecule has 2 rings (SSSR count). The van der Waals surface area contributed by atoms with Gasteiger partial charge in [-0.15, -0.1) is 0 Å². The molecule has 0 aromatic carbocycles. The average molecular weight is 327 g/mol. The van der Waals surface area contributed by atoms with Gasteiger partial charge in [0, 0.05) is 31.2 Å². The third kappa shape index (κ3) is 3.75. The summed E-state index contributed by atoms with van der Waals surface area (Å²) < 4.78 is 24.8. The van der Waals surface area contributed by atoms with Gasteiger partial charge in [0.1, 0.15) is 11.4 Å². The molecule has 0 saturated carbocycles. The Bertz CT molecular complexity index is 686. The van der Waals surface area contributed by atoms with E-state index in [1.54, 1.807) is 6.07 Å². The summed E-state index contributed by atoms with van der Waals surface area (Å²) >= 11 is 0.